The van der Waals surface area contributed by atoms with Crippen molar-refractivity contribution in [3.8, 4) is 0 Å². The monoisotopic (exact) mass is 1460 g/mol. The van der Waals surface area contributed by atoms with Crippen molar-refractivity contribution in [2.75, 3.05) is 73.2 Å². The highest BCUT2D eigenvalue weighted by atomic mass is 32.8. The number of primary amides is 1. The predicted octanol–water partition coefficient (Wildman–Crippen LogP) is 21.9. The number of nitrogens with two attached hydrogens (primary N) is 1. The summed E-state index contributed by atoms with van der Waals surface area (Å²) < 4.78 is 46.3. The fraction of sp³-hybridized carbons (Fsp3) is 0.896. The average Bonchev–Trinajstić information content (AvgIpc) is 1.69. The first kappa shape index (κ1) is 76.3. The highest BCUT2D eigenvalue weighted by molar-refractivity contribution is 8.77. The smallest absolute Gasteiger partial charge is 0.306 e. The van der Waals surface area contributed by atoms with Crippen molar-refractivity contribution >= 4 is 95.9 Å². The minimum Gasteiger partial charge on any atom is -0.462 e. The number of amides is 1. The summed E-state index contributed by atoms with van der Waals surface area (Å²) in [5.74, 6) is 7.33. The molecular formula is C77H145NO7P4S4. The third-order valence-electron chi connectivity index (χ3n) is 26.6. The van der Waals surface area contributed by atoms with Crippen LogP contribution in [0.3, 0.4) is 0 Å². The Morgan fingerprint density at radius 2 is 0.957 bits per heavy atom. The van der Waals surface area contributed by atoms with E-state index in [1.54, 1.807) is 12.5 Å². The Morgan fingerprint density at radius 1 is 0.559 bits per heavy atom. The molecule has 0 aromatic heterocycles. The summed E-state index contributed by atoms with van der Waals surface area (Å²) in [6, 6.07) is 0. The molecule has 93 heavy (non-hydrogen) atoms. The molecule has 0 saturated heterocycles. The summed E-state index contributed by atoms with van der Waals surface area (Å²) in [7, 11) is -7.54. The van der Waals surface area contributed by atoms with Gasteiger partial charge in [0, 0.05) is 56.5 Å². The molecule has 8 rings (SSSR count). The number of carbonyl (C=O) groups is 4. The number of thiol groups is 4. The molecule has 0 aromatic carbocycles. The number of Topliss-reactive ketones (excluding diaryl/α,β-unsaturated/α-hetero) is 1. The number of rotatable bonds is 29. The van der Waals surface area contributed by atoms with E-state index in [1.807, 2.05) is 18.8 Å². The summed E-state index contributed by atoms with van der Waals surface area (Å²) in [6.45, 7) is 38.3. The summed E-state index contributed by atoms with van der Waals surface area (Å²) in [6.07, 6.45) is 43.7. The van der Waals surface area contributed by atoms with E-state index < -0.39 is 69.3 Å². The Hall–Kier alpha value is 0.640. The lowest BCUT2D eigenvalue weighted by molar-refractivity contribution is -0.154. The molecule has 8 aliphatic carbocycles. The van der Waals surface area contributed by atoms with Gasteiger partial charge in [0.15, 0.2) is 0 Å². The van der Waals surface area contributed by atoms with Gasteiger partial charge in [-0.3, -0.25) is 25.2 Å². The molecule has 1 amide bonds. The SMILES string of the molecule is CC(=O)CCC(=O)O[C@H]1CC[C@@]2(C)C(=CC[C@@]3(C)[C@@H]4CC[C@H]([C@H](C)CCCC(C)C)[C@@]4(C)CC[C@@H]32)C1.CC(C)CCC[C@@H](C)[C@H]1CC[C@@H]2[C@]1(C)CC[C@H]1[C@@]2(C)CC=C2C[C@@H](OC(=O)CCC(N)=O)CC[C@@]21C.[3H]S(C)(C)CP(C)S([3H])(C)CP(C)S([3H])(C)CP(C)S([3H])(C)CPO. The van der Waals surface area contributed by atoms with Crippen LogP contribution < -0.4 is 5.73 Å². The Balaban J connectivity index is 0.000000235. The van der Waals surface area contributed by atoms with Gasteiger partial charge in [-0.1, -0.05) is 166 Å². The van der Waals surface area contributed by atoms with Gasteiger partial charge < -0.3 is 24.9 Å². The summed E-state index contributed by atoms with van der Waals surface area (Å²) in [4.78, 5) is 56.0. The van der Waals surface area contributed by atoms with Crippen molar-refractivity contribution in [1.29, 1.82) is 4.50 Å². The number of ketones is 1. The van der Waals surface area contributed by atoms with Crippen molar-refractivity contribution in [2.24, 2.45) is 97.4 Å². The van der Waals surface area contributed by atoms with E-state index in [0.717, 1.165) is 114 Å². The van der Waals surface area contributed by atoms with Crippen LogP contribution in [0.2, 0.25) is 0 Å². The van der Waals surface area contributed by atoms with Crippen LogP contribution in [0.25, 0.3) is 0 Å². The summed E-state index contributed by atoms with van der Waals surface area (Å²) >= 11 is 0. The largest absolute Gasteiger partial charge is 0.462 e. The molecule has 3 N–H and O–H groups in total. The van der Waals surface area contributed by atoms with Crippen molar-refractivity contribution in [1.82, 2.24) is 0 Å². The van der Waals surface area contributed by atoms with E-state index in [9.17, 15) is 24.1 Å². The maximum absolute atomic E-state index is 12.3. The highest BCUT2D eigenvalue weighted by Gasteiger charge is 2.66. The fourth-order valence-electron chi connectivity index (χ4n) is 21.4. The van der Waals surface area contributed by atoms with Gasteiger partial charge in [0.25, 0.3) is 0 Å². The minimum atomic E-state index is -1.53. The predicted molar refractivity (Wildman–Crippen MR) is 428 cm³/mol. The maximum atomic E-state index is 12.3. The molecule has 0 radical (unpaired) electrons. The summed E-state index contributed by atoms with van der Waals surface area (Å²) in [5.41, 5.74) is 13.7. The number of fused-ring (bicyclic) bond motifs is 10. The van der Waals surface area contributed by atoms with Crippen molar-refractivity contribution < 1.29 is 33.5 Å². The van der Waals surface area contributed by atoms with Gasteiger partial charge in [0.1, 0.15) is 18.0 Å². The Bertz CT molecular complexity index is 2580. The Morgan fingerprint density at radius 3 is 1.33 bits per heavy atom. The first-order chi connectivity index (χ1) is 44.7. The number of carbonyl (C=O) groups excluding carboxylic acids is 4. The molecule has 0 heterocycles. The standard InChI is InChI=1S/C33H54O3.C32H53NO3.C12H38OP4S4/c1-22(2)9-8-10-23(3)27-12-13-28-32(27,6)20-17-29-31(5)19-16-26(36-30(35)14-11-24(4)34)21-25(31)15-18-33(28,29)7;1-21(2)8-7-9-22(3)25-10-11-26-31(25,5)19-16-27-30(4)18-15-24(36-29(35)13-12-28(33)34)20-23(30)14-17-32(26,27)6;1-15(10-18(4)5)20(7)12-17(3)21(8)11-16(2)19(6)9-14-13/h15,22-23,26-29H,8-14,16-21H2,1-7H3;14,21-22,24-27H,7-13,15-20H2,1-6H3,(H2,33,34);13-14,18-21H,9-12H2,1-8H3/t23-,26+,27-,28-,29-,31+,32-,33+;22-,24+,25-,26-,27-,30+,31-,32+;/m11./s1/i;;18T,19T,20T,21T. The van der Waals surface area contributed by atoms with Crippen LogP contribution in [0.4, 0.5) is 0 Å². The van der Waals surface area contributed by atoms with Gasteiger partial charge in [0.05, 0.1) is 17.3 Å². The second-order valence-electron chi connectivity index (χ2n) is 34.2. The number of hydrogen-bond donors (Lipinski definition) is 6. The minimum absolute atomic E-state index is 0.00968. The number of ether oxygens (including phenoxy) is 2. The zero-order valence-corrected chi connectivity index (χ0v) is 70.2. The molecule has 544 valence electrons. The molecule has 23 atom stereocenters. The molecule has 8 nitrogen and oxygen atoms in total. The van der Waals surface area contributed by atoms with Gasteiger partial charge >= 0.3 is 11.9 Å². The van der Waals surface area contributed by atoms with E-state index in [-0.39, 0.29) is 68.8 Å². The second-order valence-corrected chi connectivity index (χ2v) is 59.4. The molecule has 0 bridgehead atoms. The van der Waals surface area contributed by atoms with E-state index in [4.69, 9.17) is 19.7 Å². The zero-order valence-electron chi connectivity index (χ0n) is 67.2. The van der Waals surface area contributed by atoms with Gasteiger partial charge in [-0.15, -0.1) is 0 Å². The van der Waals surface area contributed by atoms with Crippen molar-refractivity contribution in [2.45, 2.75) is 269 Å². The Labute approximate surface area is 593 Å². The fourth-order valence-corrected chi connectivity index (χ4v) is 54.0. The quantitative estimate of drug-likeness (QED) is 0.0190. The lowest BCUT2D eigenvalue weighted by Crippen LogP contribution is -2.56. The van der Waals surface area contributed by atoms with Crippen LogP contribution >= 0.6 is 72.2 Å². The van der Waals surface area contributed by atoms with Crippen LogP contribution in [0, 0.1) is 91.7 Å². The third-order valence-corrected chi connectivity index (χ3v) is 57.0. The molecule has 0 spiro atoms. The first-order valence-corrected chi connectivity index (χ1v) is 53.5. The van der Waals surface area contributed by atoms with E-state index in [1.165, 1.54) is 108 Å². The number of esters is 2. The normalized spacial score (nSPS) is 39.2. The molecule has 7 unspecified atom stereocenters. The van der Waals surface area contributed by atoms with Crippen LogP contribution in [-0.4, -0.2) is 118 Å². The molecule has 6 saturated carbocycles. The van der Waals surface area contributed by atoms with Crippen LogP contribution in [-0.2, 0) is 28.7 Å². The van der Waals surface area contributed by atoms with Gasteiger partial charge in [-0.05, 0) is 240 Å². The Kier molecular flexibility index (Phi) is 29.7. The number of allylic oxidation sites excluding steroid dienone is 2. The van der Waals surface area contributed by atoms with Crippen LogP contribution in [0.5, 0.6) is 0 Å². The van der Waals surface area contributed by atoms with E-state index in [0.29, 0.717) is 33.6 Å². The topological polar surface area (TPSA) is 133 Å². The molecule has 6 fully saturated rings. The molecule has 16 heteroatoms. The molecule has 0 aromatic rings. The van der Waals surface area contributed by atoms with Gasteiger partial charge in [-0.25, -0.2) is 31.3 Å². The van der Waals surface area contributed by atoms with Crippen molar-refractivity contribution in [3.05, 3.63) is 23.3 Å². The van der Waals surface area contributed by atoms with Gasteiger partial charge in [-0.2, -0.15) is 0 Å². The first-order valence-electron chi connectivity index (χ1n) is 38.6. The second kappa shape index (κ2) is 36.2. The lowest BCUT2D eigenvalue weighted by atomic mass is 9.41. The van der Waals surface area contributed by atoms with Crippen LogP contribution in [0.1, 0.15) is 257 Å². The lowest BCUT2D eigenvalue weighted by Gasteiger charge is -2.63. The third kappa shape index (κ3) is 20.7. The highest BCUT2D eigenvalue weighted by Crippen LogP contribution is 2.76. The maximum Gasteiger partial charge on any atom is 0.306 e. The number of hydrogen-bond acceptors (Lipinski definition) is 7. The average molecular weight is 1460 g/mol. The summed E-state index contributed by atoms with van der Waals surface area (Å²) in [5, 5.41) is 0. The van der Waals surface area contributed by atoms with Crippen molar-refractivity contribution in [3.63, 3.8) is 0 Å². The van der Waals surface area contributed by atoms with E-state index >= 15 is 0 Å². The van der Waals surface area contributed by atoms with Crippen LogP contribution in [0.15, 0.2) is 23.3 Å². The van der Waals surface area contributed by atoms with Gasteiger partial charge in [0.2, 0.25) is 5.91 Å². The molecule has 0 aliphatic heterocycles. The molecule has 8 aliphatic rings. The molecular weight excluding hydrogens is 1300 g/mol. The zero-order chi connectivity index (χ0) is 72.9. The van der Waals surface area contributed by atoms with E-state index in [2.05, 4.69) is 128 Å².